The van der Waals surface area contributed by atoms with E-state index in [-0.39, 0.29) is 17.7 Å². The fourth-order valence-corrected chi connectivity index (χ4v) is 3.94. The molecule has 2 fully saturated rings. The number of ether oxygens (including phenoxy) is 2. The van der Waals surface area contributed by atoms with E-state index in [9.17, 15) is 0 Å². The molecule has 0 aliphatic carbocycles. The Morgan fingerprint density at radius 1 is 1.15 bits per heavy atom. The first kappa shape index (κ1) is 21.5. The zero-order valence-corrected chi connectivity index (χ0v) is 17.8. The number of guanidine groups is 1. The molecular formula is C20H40N4O2. The number of piperidine rings is 1. The van der Waals surface area contributed by atoms with Gasteiger partial charge in [0, 0.05) is 44.9 Å². The van der Waals surface area contributed by atoms with Crippen molar-refractivity contribution >= 4 is 5.96 Å². The molecule has 2 atom stereocenters. The van der Waals surface area contributed by atoms with Crippen LogP contribution in [0.3, 0.4) is 0 Å². The van der Waals surface area contributed by atoms with Gasteiger partial charge in [-0.15, -0.1) is 0 Å². The van der Waals surface area contributed by atoms with E-state index in [0.29, 0.717) is 6.10 Å². The maximum Gasteiger partial charge on any atom is 0.193 e. The largest absolute Gasteiger partial charge is 0.378 e. The van der Waals surface area contributed by atoms with Crippen molar-refractivity contribution in [3.05, 3.63) is 0 Å². The first-order valence-electron chi connectivity index (χ1n) is 10.4. The van der Waals surface area contributed by atoms with Crippen molar-refractivity contribution in [2.24, 2.45) is 4.99 Å². The molecule has 2 aliphatic rings. The van der Waals surface area contributed by atoms with E-state index in [4.69, 9.17) is 14.5 Å². The zero-order valence-electron chi connectivity index (χ0n) is 17.8. The third kappa shape index (κ3) is 6.10. The van der Waals surface area contributed by atoms with Crippen LogP contribution < -0.4 is 5.32 Å². The predicted molar refractivity (Wildman–Crippen MR) is 108 cm³/mol. The van der Waals surface area contributed by atoms with Gasteiger partial charge in [0.1, 0.15) is 0 Å². The van der Waals surface area contributed by atoms with E-state index in [1.807, 2.05) is 0 Å². The van der Waals surface area contributed by atoms with Gasteiger partial charge in [0.2, 0.25) is 0 Å². The van der Waals surface area contributed by atoms with Gasteiger partial charge < -0.3 is 19.7 Å². The molecule has 0 aromatic heterocycles. The summed E-state index contributed by atoms with van der Waals surface area (Å²) in [5.74, 6) is 1.05. The molecule has 6 heteroatoms. The lowest BCUT2D eigenvalue weighted by Gasteiger charge is -2.44. The van der Waals surface area contributed by atoms with Gasteiger partial charge in [0.15, 0.2) is 5.96 Å². The van der Waals surface area contributed by atoms with Crippen LogP contribution in [0.15, 0.2) is 4.99 Å². The Bertz CT molecular complexity index is 437. The van der Waals surface area contributed by atoms with Gasteiger partial charge >= 0.3 is 0 Å². The molecule has 0 aromatic carbocycles. The third-order valence-electron chi connectivity index (χ3n) is 5.37. The molecule has 0 bridgehead atoms. The lowest BCUT2D eigenvalue weighted by Crippen LogP contribution is -2.56. The zero-order chi connectivity index (χ0) is 19.2. The smallest absolute Gasteiger partial charge is 0.193 e. The Morgan fingerprint density at radius 2 is 1.77 bits per heavy atom. The second-order valence-corrected chi connectivity index (χ2v) is 8.29. The number of likely N-dealkylation sites (tertiary alicyclic amines) is 1. The normalized spacial score (nSPS) is 27.0. The molecule has 2 saturated heterocycles. The van der Waals surface area contributed by atoms with Crippen LogP contribution >= 0.6 is 0 Å². The summed E-state index contributed by atoms with van der Waals surface area (Å²) in [6.07, 6.45) is 3.15. The summed E-state index contributed by atoms with van der Waals surface area (Å²) in [6.45, 7) is 19.6. The number of morpholine rings is 1. The topological polar surface area (TPSA) is 49.3 Å². The molecule has 0 spiro atoms. The highest BCUT2D eigenvalue weighted by molar-refractivity contribution is 5.80. The van der Waals surface area contributed by atoms with Crippen molar-refractivity contribution in [2.45, 2.75) is 78.2 Å². The fraction of sp³-hybridized carbons (Fsp3) is 0.950. The Balaban J connectivity index is 1.97. The quantitative estimate of drug-likeness (QED) is 0.576. The molecule has 0 aromatic rings. The van der Waals surface area contributed by atoms with Crippen LogP contribution in [0, 0.1) is 0 Å². The summed E-state index contributed by atoms with van der Waals surface area (Å²) in [5.41, 5.74) is 0.0244. The molecule has 2 heterocycles. The van der Waals surface area contributed by atoms with Gasteiger partial charge in [0.05, 0.1) is 24.9 Å². The maximum atomic E-state index is 5.89. The number of hydrogen-bond donors (Lipinski definition) is 1. The van der Waals surface area contributed by atoms with Crippen molar-refractivity contribution in [2.75, 3.05) is 45.9 Å². The molecule has 0 amide bonds. The molecule has 1 N–H and O–H groups in total. The van der Waals surface area contributed by atoms with Crippen LogP contribution in [0.4, 0.5) is 0 Å². The summed E-state index contributed by atoms with van der Waals surface area (Å²) in [5, 5.41) is 3.48. The first-order valence-corrected chi connectivity index (χ1v) is 10.4. The molecule has 2 aliphatic heterocycles. The minimum Gasteiger partial charge on any atom is -0.378 e. The van der Waals surface area contributed by atoms with E-state index < -0.39 is 0 Å². The molecule has 152 valence electrons. The van der Waals surface area contributed by atoms with Gasteiger partial charge in [-0.1, -0.05) is 0 Å². The molecule has 0 radical (unpaired) electrons. The Morgan fingerprint density at radius 3 is 2.31 bits per heavy atom. The van der Waals surface area contributed by atoms with Crippen LogP contribution in [0.5, 0.6) is 0 Å². The predicted octanol–water partition coefficient (Wildman–Crippen LogP) is 2.34. The monoisotopic (exact) mass is 368 g/mol. The number of rotatable bonds is 6. The van der Waals surface area contributed by atoms with Gasteiger partial charge in [-0.05, 0) is 54.4 Å². The van der Waals surface area contributed by atoms with Crippen LogP contribution in [0.1, 0.15) is 54.4 Å². The van der Waals surface area contributed by atoms with Gasteiger partial charge in [-0.2, -0.15) is 0 Å². The van der Waals surface area contributed by atoms with Gasteiger partial charge in [0.25, 0.3) is 0 Å². The minimum atomic E-state index is 0.0244. The Kier molecular flexibility index (Phi) is 8.17. The summed E-state index contributed by atoms with van der Waals surface area (Å²) < 4.78 is 11.7. The molecule has 2 rings (SSSR count). The van der Waals surface area contributed by atoms with E-state index in [2.05, 4.69) is 56.7 Å². The van der Waals surface area contributed by atoms with Crippen LogP contribution in [-0.2, 0) is 9.47 Å². The number of hydrogen-bond acceptors (Lipinski definition) is 4. The van der Waals surface area contributed by atoms with E-state index in [1.54, 1.807) is 0 Å². The van der Waals surface area contributed by atoms with E-state index in [0.717, 1.165) is 64.7 Å². The standard InChI is InChI=1S/C20H40N4O2/c1-7-21-19(23-11-9-18(10-12-23)25-8-2)22-15-20(5,6)24-13-16(3)26-17(4)14-24/h16-18H,7-15H2,1-6H3,(H,21,22). The summed E-state index contributed by atoms with van der Waals surface area (Å²) in [7, 11) is 0. The highest BCUT2D eigenvalue weighted by atomic mass is 16.5. The first-order chi connectivity index (χ1) is 12.4. The van der Waals surface area contributed by atoms with Crippen LogP contribution in [0.2, 0.25) is 0 Å². The fourth-order valence-electron chi connectivity index (χ4n) is 3.94. The van der Waals surface area contributed by atoms with E-state index in [1.165, 1.54) is 0 Å². The molecule has 0 saturated carbocycles. The molecule has 6 nitrogen and oxygen atoms in total. The SMILES string of the molecule is CCNC(=NCC(C)(C)N1CC(C)OC(C)C1)N1CCC(OCC)CC1. The van der Waals surface area contributed by atoms with Gasteiger partial charge in [-0.25, -0.2) is 0 Å². The summed E-state index contributed by atoms with van der Waals surface area (Å²) >= 11 is 0. The van der Waals surface area contributed by atoms with E-state index >= 15 is 0 Å². The highest BCUT2D eigenvalue weighted by Gasteiger charge is 2.33. The average Bonchev–Trinajstić information content (AvgIpc) is 2.59. The number of aliphatic imine (C=N–C) groups is 1. The summed E-state index contributed by atoms with van der Waals surface area (Å²) in [6, 6.07) is 0. The van der Waals surface area contributed by atoms with Crippen LogP contribution in [-0.4, -0.2) is 85.5 Å². The minimum absolute atomic E-state index is 0.0244. The molecular weight excluding hydrogens is 328 g/mol. The summed E-state index contributed by atoms with van der Waals surface area (Å²) in [4.78, 5) is 9.93. The maximum absolute atomic E-state index is 5.89. The molecule has 26 heavy (non-hydrogen) atoms. The highest BCUT2D eigenvalue weighted by Crippen LogP contribution is 2.22. The second kappa shape index (κ2) is 9.90. The van der Waals surface area contributed by atoms with Crippen molar-refractivity contribution in [3.63, 3.8) is 0 Å². The second-order valence-electron chi connectivity index (χ2n) is 8.29. The van der Waals surface area contributed by atoms with Crippen molar-refractivity contribution in [1.29, 1.82) is 0 Å². The Labute approximate surface area is 160 Å². The number of nitrogens with zero attached hydrogens (tertiary/aromatic N) is 3. The lowest BCUT2D eigenvalue weighted by molar-refractivity contribution is -0.0939. The Hall–Kier alpha value is -0.850. The van der Waals surface area contributed by atoms with Crippen molar-refractivity contribution < 1.29 is 9.47 Å². The lowest BCUT2D eigenvalue weighted by atomic mass is 10.0. The van der Waals surface area contributed by atoms with Gasteiger partial charge in [-0.3, -0.25) is 9.89 Å². The van der Waals surface area contributed by atoms with Crippen molar-refractivity contribution in [3.8, 4) is 0 Å². The number of nitrogens with one attached hydrogen (secondary N) is 1. The average molecular weight is 369 g/mol. The van der Waals surface area contributed by atoms with Crippen LogP contribution in [0.25, 0.3) is 0 Å². The third-order valence-corrected chi connectivity index (χ3v) is 5.37. The van der Waals surface area contributed by atoms with Crippen molar-refractivity contribution in [1.82, 2.24) is 15.1 Å². The molecule has 2 unspecified atom stereocenters.